The van der Waals surface area contributed by atoms with Crippen LogP contribution >= 0.6 is 186 Å². The molecule has 0 unspecified atom stereocenters. The zero-order chi connectivity index (χ0) is 27.7. The first kappa shape index (κ1) is 70.1. The van der Waals surface area contributed by atoms with Crippen molar-refractivity contribution in [2.24, 2.45) is 0 Å². The van der Waals surface area contributed by atoms with Gasteiger partial charge in [-0.2, -0.15) is 0 Å². The first-order chi connectivity index (χ1) is 14.3. The fourth-order valence-electron chi connectivity index (χ4n) is 0. The van der Waals surface area contributed by atoms with E-state index in [0.717, 1.165) is 21.3 Å². The highest BCUT2D eigenvalue weighted by Crippen LogP contribution is 1.75. The third-order valence-corrected chi connectivity index (χ3v) is 0. The number of aliphatic hydroxyl groups excluding tert-OH is 3. The lowest BCUT2D eigenvalue weighted by molar-refractivity contribution is 0.399. The van der Waals surface area contributed by atoms with E-state index in [1.54, 1.807) is 0 Å². The summed E-state index contributed by atoms with van der Waals surface area (Å²) in [5.41, 5.74) is 0. The van der Waals surface area contributed by atoms with Gasteiger partial charge in [0, 0.05) is 21.3 Å². The summed E-state index contributed by atoms with van der Waals surface area (Å²) in [5.74, 6) is 0. The third kappa shape index (κ3) is 1580. The summed E-state index contributed by atoms with van der Waals surface area (Å²) in [6, 6.07) is 0. The summed E-state index contributed by atoms with van der Waals surface area (Å²) in [6.07, 6.45) is 0. The van der Waals surface area contributed by atoms with Crippen LogP contribution in [-0.4, -0.2) is 79.4 Å². The molecule has 3 N–H and O–H groups in total. The minimum Gasteiger partial charge on any atom is -0.400 e. The highest BCUT2D eigenvalue weighted by molar-refractivity contribution is 6.42. The van der Waals surface area contributed by atoms with Gasteiger partial charge in [0.2, 0.25) is 0 Å². The Balaban J connectivity index is -0.0000000148. The number of halogens is 16. The Morgan fingerprint density at radius 2 is 0.233 bits per heavy atom. The quantitative estimate of drug-likeness (QED) is 0.215. The van der Waals surface area contributed by atoms with Gasteiger partial charge in [-0.3, -0.25) is 0 Å². The average Bonchev–Trinajstić information content (AvgIpc) is 2.71. The largest absolute Gasteiger partial charge is 0.400 e. The number of hydrogen-bond acceptors (Lipinski definition) is 3. The van der Waals surface area contributed by atoms with Gasteiger partial charge in [-0.05, 0) is 0 Å². The number of alkyl halides is 16. The Morgan fingerprint density at radius 1 is 0.233 bits per heavy atom. The molecule has 19 heteroatoms. The van der Waals surface area contributed by atoms with E-state index in [2.05, 4.69) is 0 Å². The molecule has 0 fully saturated rings. The molecule has 0 aliphatic carbocycles. The van der Waals surface area contributed by atoms with Crippen molar-refractivity contribution in [1.82, 2.24) is 0 Å². The smallest absolute Gasteiger partial charge is 0.0967 e. The molecule has 0 atom stereocenters. The average molecular weight is 776 g/mol. The van der Waals surface area contributed by atoms with Gasteiger partial charge in [-0.1, -0.05) is 0 Å². The molecule has 0 aromatic heterocycles. The van der Waals surface area contributed by atoms with Crippen LogP contribution in [0.5, 0.6) is 0 Å². The molecular formula is C11H28Cl16O3. The lowest BCUT2D eigenvalue weighted by Crippen LogP contribution is -1.25. The maximum absolute atomic E-state index is 7.00. The summed E-state index contributed by atoms with van der Waals surface area (Å²) in [6.45, 7) is 0. The third-order valence-electron chi connectivity index (χ3n) is 0. The molecular weight excluding hydrogens is 747 g/mol. The Hall–Kier alpha value is 4.52. The zero-order valence-corrected chi connectivity index (χ0v) is 28.1. The van der Waals surface area contributed by atoms with Gasteiger partial charge < -0.3 is 15.3 Å². The van der Waals surface area contributed by atoms with E-state index < -0.39 is 0 Å². The second-order valence-electron chi connectivity index (χ2n) is 0.808. The van der Waals surface area contributed by atoms with Crippen LogP contribution in [0.25, 0.3) is 0 Å². The van der Waals surface area contributed by atoms with Gasteiger partial charge in [0.25, 0.3) is 0 Å². The van der Waals surface area contributed by atoms with E-state index in [4.69, 9.17) is 201 Å². The molecule has 0 aromatic carbocycles. The molecule has 0 aliphatic heterocycles. The fourth-order valence-corrected chi connectivity index (χ4v) is 0. The van der Waals surface area contributed by atoms with Crippen LogP contribution < -0.4 is 0 Å². The van der Waals surface area contributed by atoms with Crippen LogP contribution in [0.3, 0.4) is 0 Å². The maximum atomic E-state index is 7.00. The summed E-state index contributed by atoms with van der Waals surface area (Å²) in [4.78, 5) is 0. The van der Waals surface area contributed by atoms with Gasteiger partial charge in [-0.25, -0.2) is 0 Å². The maximum Gasteiger partial charge on any atom is 0.0967 e. The standard InChI is InChI=1S/8CH2Cl2.3CH4O/c8*2-1-3;3*1-2/h8*1H2;3*2H,1H3. The predicted octanol–water partition coefficient (Wildman–Crippen LogP) is 10.2. The van der Waals surface area contributed by atoms with Crippen molar-refractivity contribution in [3.63, 3.8) is 0 Å². The van der Waals surface area contributed by atoms with Gasteiger partial charge in [0.1, 0.15) is 0 Å². The second-order valence-corrected chi connectivity index (χ2v) is 7.27. The van der Waals surface area contributed by atoms with Gasteiger partial charge in [0.15, 0.2) is 0 Å². The first-order valence-corrected chi connectivity index (χ1v) is 14.2. The fraction of sp³-hybridized carbons (Fsp3) is 1.00. The summed E-state index contributed by atoms with van der Waals surface area (Å²) < 4.78 is 0. The molecule has 0 aromatic rings. The highest BCUT2D eigenvalue weighted by atomic mass is 35.6. The SMILES string of the molecule is CO.CO.CO.ClCCl.ClCCl.ClCCl.ClCCl.ClCCl.ClCCl.ClCCl.ClCCl. The monoisotopic (exact) mass is 768 g/mol. The summed E-state index contributed by atoms with van der Waals surface area (Å²) in [5, 5.41) is 22.6. The normalized spacial score (nSPS) is 5.40. The van der Waals surface area contributed by atoms with Crippen molar-refractivity contribution in [3.05, 3.63) is 0 Å². The lowest BCUT2D eigenvalue weighted by atomic mass is 11.8. The minimum absolute atomic E-state index is 0.194. The topological polar surface area (TPSA) is 60.7 Å². The van der Waals surface area contributed by atoms with Gasteiger partial charge in [0.05, 0.1) is 42.7 Å². The Bertz CT molecular complexity index is 64.4. The van der Waals surface area contributed by atoms with Crippen molar-refractivity contribution in [3.8, 4) is 0 Å². The molecule has 0 bridgehead atoms. The molecule has 0 radical (unpaired) electrons. The highest BCUT2D eigenvalue weighted by Gasteiger charge is 1.43. The molecule has 0 aliphatic rings. The van der Waals surface area contributed by atoms with Crippen molar-refractivity contribution in [2.45, 2.75) is 0 Å². The van der Waals surface area contributed by atoms with Crippen LogP contribution in [0.1, 0.15) is 0 Å². The van der Waals surface area contributed by atoms with Crippen molar-refractivity contribution in [2.75, 3.05) is 64.0 Å². The zero-order valence-electron chi connectivity index (χ0n) is 16.0. The van der Waals surface area contributed by atoms with E-state index in [1.807, 2.05) is 0 Å². The summed E-state index contributed by atoms with van der Waals surface area (Å²) in [7, 11) is 3.00. The number of rotatable bonds is 0. The van der Waals surface area contributed by atoms with Crippen LogP contribution in [-0.2, 0) is 0 Å². The van der Waals surface area contributed by atoms with Crippen LogP contribution in [0.15, 0.2) is 0 Å². The van der Waals surface area contributed by atoms with E-state index >= 15 is 0 Å². The van der Waals surface area contributed by atoms with E-state index in [1.165, 1.54) is 0 Å². The molecule has 0 heterocycles. The van der Waals surface area contributed by atoms with Crippen LogP contribution in [0, 0.1) is 0 Å². The molecule has 3 nitrogen and oxygen atoms in total. The number of hydrogen-bond donors (Lipinski definition) is 3. The predicted molar refractivity (Wildman–Crippen MR) is 157 cm³/mol. The Morgan fingerprint density at radius 3 is 0.233 bits per heavy atom. The summed E-state index contributed by atoms with van der Waals surface area (Å²) >= 11 is 76.2. The number of aliphatic hydroxyl groups is 3. The van der Waals surface area contributed by atoms with Crippen molar-refractivity contribution >= 4 is 186 Å². The Kier molecular flexibility index (Phi) is 529. The second kappa shape index (κ2) is 226. The molecule has 0 rings (SSSR count). The van der Waals surface area contributed by atoms with Gasteiger partial charge in [-0.15, -0.1) is 186 Å². The Labute approximate surface area is 262 Å². The van der Waals surface area contributed by atoms with Crippen LogP contribution in [0.4, 0.5) is 0 Å². The van der Waals surface area contributed by atoms with Crippen molar-refractivity contribution < 1.29 is 15.3 Å². The molecule has 0 amide bonds. The van der Waals surface area contributed by atoms with Crippen LogP contribution in [0.2, 0.25) is 0 Å². The molecule has 30 heavy (non-hydrogen) atoms. The first-order valence-electron chi connectivity index (χ1n) is 5.62. The van der Waals surface area contributed by atoms with E-state index in [-0.39, 0.29) is 42.7 Å². The molecule has 0 spiro atoms. The van der Waals surface area contributed by atoms with Gasteiger partial charge >= 0.3 is 0 Å². The molecule has 0 saturated carbocycles. The molecule has 0 saturated heterocycles. The molecule has 202 valence electrons. The minimum atomic E-state index is 0.194. The van der Waals surface area contributed by atoms with E-state index in [9.17, 15) is 0 Å². The van der Waals surface area contributed by atoms with Crippen molar-refractivity contribution in [1.29, 1.82) is 0 Å². The lowest BCUT2D eigenvalue weighted by Gasteiger charge is -1.42. The van der Waals surface area contributed by atoms with E-state index in [0.29, 0.717) is 0 Å².